The maximum absolute atomic E-state index is 12.7. The van der Waals surface area contributed by atoms with Crippen LogP contribution in [0.1, 0.15) is 26.2 Å². The molecule has 0 aliphatic carbocycles. The molecule has 0 saturated carbocycles. The van der Waals surface area contributed by atoms with E-state index in [0.717, 1.165) is 50.4 Å². The smallest absolute Gasteiger partial charge is 0.298 e. The Morgan fingerprint density at radius 2 is 2.12 bits per heavy atom. The van der Waals surface area contributed by atoms with E-state index in [1.807, 2.05) is 29.2 Å². The number of piperidine rings is 1. The van der Waals surface area contributed by atoms with Crippen LogP contribution >= 0.6 is 0 Å². The summed E-state index contributed by atoms with van der Waals surface area (Å²) in [7, 11) is 0. The highest BCUT2D eigenvalue weighted by atomic mass is 16.4. The minimum Gasteiger partial charge on any atom is -0.423 e. The third-order valence-corrected chi connectivity index (χ3v) is 5.82. The summed E-state index contributed by atoms with van der Waals surface area (Å²) in [5.41, 5.74) is 1.70. The summed E-state index contributed by atoms with van der Waals surface area (Å²) in [6.45, 7) is 7.44. The molecule has 4 rings (SSSR count). The van der Waals surface area contributed by atoms with Crippen LogP contribution in [-0.2, 0) is 4.79 Å². The van der Waals surface area contributed by atoms with Gasteiger partial charge in [0.2, 0.25) is 5.91 Å². The molecule has 6 heteroatoms. The number of nitrogens with one attached hydrogen (secondary N) is 1. The van der Waals surface area contributed by atoms with Crippen LogP contribution in [0.4, 0.5) is 6.01 Å². The third kappa shape index (κ3) is 3.70. The van der Waals surface area contributed by atoms with Gasteiger partial charge >= 0.3 is 0 Å². The van der Waals surface area contributed by atoms with E-state index < -0.39 is 0 Å². The van der Waals surface area contributed by atoms with Gasteiger partial charge in [0.15, 0.2) is 5.58 Å². The van der Waals surface area contributed by atoms with Crippen molar-refractivity contribution in [2.75, 3.05) is 44.2 Å². The lowest BCUT2D eigenvalue weighted by atomic mass is 9.85. The van der Waals surface area contributed by atoms with Gasteiger partial charge in [-0.25, -0.2) is 0 Å². The summed E-state index contributed by atoms with van der Waals surface area (Å²) in [5, 5.41) is 3.45. The topological polar surface area (TPSA) is 61.6 Å². The Morgan fingerprint density at radius 1 is 1.31 bits per heavy atom. The van der Waals surface area contributed by atoms with Gasteiger partial charge in [-0.2, -0.15) is 4.98 Å². The molecule has 2 aliphatic rings. The lowest BCUT2D eigenvalue weighted by molar-refractivity contribution is -0.132. The molecule has 1 aromatic heterocycles. The first-order valence-electron chi connectivity index (χ1n) is 9.80. The molecule has 0 bridgehead atoms. The highest BCUT2D eigenvalue weighted by Gasteiger charge is 2.27. The third-order valence-electron chi connectivity index (χ3n) is 5.82. The van der Waals surface area contributed by atoms with E-state index in [2.05, 4.69) is 22.1 Å². The molecule has 2 aromatic rings. The number of benzene rings is 1. The highest BCUT2D eigenvalue weighted by Crippen LogP contribution is 2.25. The second-order valence-corrected chi connectivity index (χ2v) is 7.62. The molecule has 140 valence electrons. The average molecular weight is 356 g/mol. The van der Waals surface area contributed by atoms with Crippen molar-refractivity contribution in [3.8, 4) is 0 Å². The van der Waals surface area contributed by atoms with E-state index in [9.17, 15) is 4.79 Å². The fraction of sp³-hybridized carbons (Fsp3) is 0.600. The van der Waals surface area contributed by atoms with Crippen LogP contribution in [0.15, 0.2) is 28.7 Å². The number of piperazine rings is 1. The summed E-state index contributed by atoms with van der Waals surface area (Å²) in [4.78, 5) is 21.4. The van der Waals surface area contributed by atoms with Crippen LogP contribution in [0.5, 0.6) is 0 Å². The van der Waals surface area contributed by atoms with Gasteiger partial charge < -0.3 is 19.5 Å². The van der Waals surface area contributed by atoms with E-state index in [1.165, 1.54) is 12.8 Å². The molecule has 2 aliphatic heterocycles. The average Bonchev–Trinajstić information content (AvgIpc) is 3.13. The molecule has 2 unspecified atom stereocenters. The van der Waals surface area contributed by atoms with Crippen LogP contribution in [0, 0.1) is 11.8 Å². The van der Waals surface area contributed by atoms with Crippen molar-refractivity contribution >= 4 is 23.0 Å². The quantitative estimate of drug-likeness (QED) is 0.912. The van der Waals surface area contributed by atoms with Gasteiger partial charge in [-0.3, -0.25) is 4.79 Å². The lowest BCUT2D eigenvalue weighted by Crippen LogP contribution is -2.49. The van der Waals surface area contributed by atoms with Gasteiger partial charge in [-0.15, -0.1) is 0 Å². The number of carbonyl (C=O) groups is 1. The standard InChI is InChI=1S/C20H28N4O2/c1-15(16-5-4-8-21-14-16)13-19(25)23-9-11-24(12-10-23)20-22-17-6-2-3-7-18(17)26-20/h2-3,6-7,15-16,21H,4-5,8-14H2,1H3. The summed E-state index contributed by atoms with van der Waals surface area (Å²) in [5.74, 6) is 1.37. The van der Waals surface area contributed by atoms with Crippen molar-refractivity contribution in [3.63, 3.8) is 0 Å². The predicted molar refractivity (Wildman–Crippen MR) is 102 cm³/mol. The molecule has 0 spiro atoms. The molecule has 1 aromatic carbocycles. The second-order valence-electron chi connectivity index (χ2n) is 7.62. The van der Waals surface area contributed by atoms with Crippen molar-refractivity contribution in [2.45, 2.75) is 26.2 Å². The van der Waals surface area contributed by atoms with Gasteiger partial charge in [0, 0.05) is 32.6 Å². The van der Waals surface area contributed by atoms with Crippen LogP contribution in [0.25, 0.3) is 11.1 Å². The van der Waals surface area contributed by atoms with Crippen molar-refractivity contribution in [1.82, 2.24) is 15.2 Å². The van der Waals surface area contributed by atoms with Gasteiger partial charge in [0.25, 0.3) is 6.01 Å². The Balaban J connectivity index is 1.30. The van der Waals surface area contributed by atoms with Crippen molar-refractivity contribution in [2.24, 2.45) is 11.8 Å². The number of hydrogen-bond donors (Lipinski definition) is 1. The zero-order chi connectivity index (χ0) is 17.9. The summed E-state index contributed by atoms with van der Waals surface area (Å²) in [6, 6.07) is 8.49. The Kier molecular flexibility index (Phi) is 5.11. The molecule has 6 nitrogen and oxygen atoms in total. The van der Waals surface area contributed by atoms with Crippen LogP contribution in [0.2, 0.25) is 0 Å². The first-order valence-corrected chi connectivity index (χ1v) is 9.80. The van der Waals surface area contributed by atoms with Gasteiger partial charge in [0.05, 0.1) is 0 Å². The number of carbonyl (C=O) groups excluding carboxylic acids is 1. The highest BCUT2D eigenvalue weighted by molar-refractivity contribution is 5.77. The molecule has 1 N–H and O–H groups in total. The van der Waals surface area contributed by atoms with E-state index in [1.54, 1.807) is 0 Å². The van der Waals surface area contributed by atoms with Gasteiger partial charge in [-0.1, -0.05) is 19.1 Å². The number of nitrogens with zero attached hydrogens (tertiary/aromatic N) is 3. The molecule has 0 radical (unpaired) electrons. The Morgan fingerprint density at radius 3 is 2.85 bits per heavy atom. The first-order chi connectivity index (χ1) is 12.7. The summed E-state index contributed by atoms with van der Waals surface area (Å²) < 4.78 is 5.85. The molecular weight excluding hydrogens is 328 g/mol. The molecule has 3 heterocycles. The maximum Gasteiger partial charge on any atom is 0.298 e. The Hall–Kier alpha value is -2.08. The number of anilines is 1. The van der Waals surface area contributed by atoms with E-state index in [-0.39, 0.29) is 0 Å². The number of rotatable bonds is 4. The minimum atomic E-state index is 0.292. The number of hydrogen-bond acceptors (Lipinski definition) is 5. The van der Waals surface area contributed by atoms with E-state index in [0.29, 0.717) is 30.2 Å². The maximum atomic E-state index is 12.7. The Bertz CT molecular complexity index is 712. The molecule has 2 atom stereocenters. The number of aromatic nitrogens is 1. The monoisotopic (exact) mass is 356 g/mol. The van der Waals surface area contributed by atoms with Crippen LogP contribution in [-0.4, -0.2) is 55.1 Å². The van der Waals surface area contributed by atoms with Gasteiger partial charge in [-0.05, 0) is 49.9 Å². The zero-order valence-corrected chi connectivity index (χ0v) is 15.5. The first kappa shape index (κ1) is 17.3. The fourth-order valence-electron chi connectivity index (χ4n) is 4.08. The van der Waals surface area contributed by atoms with Crippen LogP contribution in [0.3, 0.4) is 0 Å². The summed E-state index contributed by atoms with van der Waals surface area (Å²) in [6.07, 6.45) is 3.13. The molecule has 26 heavy (non-hydrogen) atoms. The molecule has 1 amide bonds. The normalized spacial score (nSPS) is 22.6. The largest absolute Gasteiger partial charge is 0.423 e. The number of fused-ring (bicyclic) bond motifs is 1. The minimum absolute atomic E-state index is 0.292. The zero-order valence-electron chi connectivity index (χ0n) is 15.5. The summed E-state index contributed by atoms with van der Waals surface area (Å²) >= 11 is 0. The molecule has 2 fully saturated rings. The van der Waals surface area contributed by atoms with Crippen LogP contribution < -0.4 is 10.2 Å². The van der Waals surface area contributed by atoms with Crippen molar-refractivity contribution in [3.05, 3.63) is 24.3 Å². The number of oxazole rings is 1. The number of amides is 1. The van der Waals surface area contributed by atoms with E-state index >= 15 is 0 Å². The predicted octanol–water partition coefficient (Wildman–Crippen LogP) is 2.50. The number of para-hydroxylation sites is 2. The van der Waals surface area contributed by atoms with Gasteiger partial charge in [0.1, 0.15) is 5.52 Å². The van der Waals surface area contributed by atoms with Crippen molar-refractivity contribution < 1.29 is 9.21 Å². The SMILES string of the molecule is CC(CC(=O)N1CCN(c2nc3ccccc3o2)CC1)C1CCCNC1. The molecule has 2 saturated heterocycles. The lowest BCUT2D eigenvalue weighted by Gasteiger charge is -2.35. The second kappa shape index (κ2) is 7.66. The van der Waals surface area contributed by atoms with E-state index in [4.69, 9.17) is 4.42 Å². The molecular formula is C20H28N4O2. The Labute approximate surface area is 154 Å². The van der Waals surface area contributed by atoms with Crippen molar-refractivity contribution in [1.29, 1.82) is 0 Å². The fourth-order valence-corrected chi connectivity index (χ4v) is 4.08.